The number of carbonyl (C=O) groups excluding carboxylic acids is 1. The molecule has 27 heavy (non-hydrogen) atoms. The molecular formula is C18H21N7O2. The number of anilines is 2. The average molecular weight is 367 g/mol. The van der Waals surface area contributed by atoms with E-state index in [0.29, 0.717) is 36.3 Å². The number of aromatic nitrogens is 5. The first kappa shape index (κ1) is 17.2. The summed E-state index contributed by atoms with van der Waals surface area (Å²) in [7, 11) is 3.56. The molecule has 1 aliphatic rings. The van der Waals surface area contributed by atoms with Crippen LogP contribution in [0.1, 0.15) is 16.2 Å². The van der Waals surface area contributed by atoms with Crippen LogP contribution in [-0.2, 0) is 18.3 Å². The Labute approximate surface area is 156 Å². The van der Waals surface area contributed by atoms with Crippen molar-refractivity contribution >= 4 is 17.7 Å². The number of amides is 1. The van der Waals surface area contributed by atoms with Crippen LogP contribution in [0.4, 0.5) is 11.8 Å². The molecule has 9 nitrogen and oxygen atoms in total. The number of nitrogens with zero attached hydrogens (tertiary/aromatic N) is 5. The van der Waals surface area contributed by atoms with Gasteiger partial charge in [-0.2, -0.15) is 0 Å². The number of carbonyl (C=O) groups is 1. The smallest absolute Gasteiger partial charge is 0.287 e. The Kier molecular flexibility index (Phi) is 4.36. The molecule has 0 saturated carbocycles. The maximum Gasteiger partial charge on any atom is 0.287 e. The maximum absolute atomic E-state index is 12.3. The highest BCUT2D eigenvalue weighted by Crippen LogP contribution is 2.24. The molecule has 0 aliphatic carbocycles. The molecule has 2 N–H and O–H groups in total. The van der Waals surface area contributed by atoms with E-state index >= 15 is 0 Å². The average Bonchev–Trinajstić information content (AvgIpc) is 3.24. The molecule has 9 heteroatoms. The number of methoxy groups -OCH3 is 1. The fourth-order valence-electron chi connectivity index (χ4n) is 3.15. The Morgan fingerprint density at radius 1 is 1.41 bits per heavy atom. The van der Waals surface area contributed by atoms with Crippen LogP contribution in [0, 0.1) is 6.92 Å². The van der Waals surface area contributed by atoms with Crippen molar-refractivity contribution in [1.29, 1.82) is 0 Å². The van der Waals surface area contributed by atoms with Gasteiger partial charge in [-0.25, -0.2) is 15.0 Å². The molecule has 0 bridgehead atoms. The van der Waals surface area contributed by atoms with Gasteiger partial charge in [-0.05, 0) is 24.6 Å². The van der Waals surface area contributed by atoms with E-state index in [0.717, 1.165) is 11.4 Å². The number of rotatable bonds is 5. The number of hydrogen-bond acceptors (Lipinski definition) is 6. The minimum Gasteiger partial charge on any atom is -0.382 e. The zero-order chi connectivity index (χ0) is 19.0. The number of fused-ring (bicyclic) bond motifs is 1. The van der Waals surface area contributed by atoms with Crippen molar-refractivity contribution in [2.45, 2.75) is 19.5 Å². The summed E-state index contributed by atoms with van der Waals surface area (Å²) < 4.78 is 8.95. The minimum absolute atomic E-state index is 0.0712. The van der Waals surface area contributed by atoms with Gasteiger partial charge in [0.1, 0.15) is 11.5 Å². The lowest BCUT2D eigenvalue weighted by Gasteiger charge is -2.23. The number of nitrogens with one attached hydrogen (secondary N) is 2. The Bertz CT molecular complexity index is 992. The quantitative estimate of drug-likeness (QED) is 0.709. The molecule has 4 heterocycles. The lowest BCUT2D eigenvalue weighted by atomic mass is 10.2. The van der Waals surface area contributed by atoms with E-state index in [2.05, 4.69) is 25.6 Å². The molecule has 140 valence electrons. The predicted molar refractivity (Wildman–Crippen MR) is 99.8 cm³/mol. The van der Waals surface area contributed by atoms with Crippen molar-refractivity contribution in [3.63, 3.8) is 0 Å². The van der Waals surface area contributed by atoms with E-state index in [1.54, 1.807) is 13.3 Å². The summed E-state index contributed by atoms with van der Waals surface area (Å²) in [6.45, 7) is 2.99. The fraction of sp³-hybridized carbons (Fsp3) is 0.333. The Balaban J connectivity index is 1.66. The SMILES string of the molecule is COC[C@H]1Cn2cc(-c3nc(Nc4cccn4C)ncc3C)nc2C(=O)N1. The third-order valence-electron chi connectivity index (χ3n) is 4.50. The van der Waals surface area contributed by atoms with Crippen LogP contribution in [0.15, 0.2) is 30.7 Å². The molecule has 0 unspecified atom stereocenters. The normalized spacial score (nSPS) is 16.1. The first-order valence-corrected chi connectivity index (χ1v) is 8.64. The first-order chi connectivity index (χ1) is 13.0. The van der Waals surface area contributed by atoms with E-state index in [1.807, 2.05) is 47.6 Å². The van der Waals surface area contributed by atoms with Crippen molar-refractivity contribution in [2.24, 2.45) is 7.05 Å². The summed E-state index contributed by atoms with van der Waals surface area (Å²) in [5.74, 6) is 1.54. The lowest BCUT2D eigenvalue weighted by Crippen LogP contribution is -2.46. The number of imidazole rings is 1. The maximum atomic E-state index is 12.3. The van der Waals surface area contributed by atoms with Crippen molar-refractivity contribution in [2.75, 3.05) is 19.0 Å². The molecule has 3 aromatic rings. The summed E-state index contributed by atoms with van der Waals surface area (Å²) >= 11 is 0. The molecule has 0 fully saturated rings. The fourth-order valence-corrected chi connectivity index (χ4v) is 3.15. The van der Waals surface area contributed by atoms with Crippen molar-refractivity contribution < 1.29 is 9.53 Å². The van der Waals surface area contributed by atoms with Crippen LogP contribution in [0.5, 0.6) is 0 Å². The highest BCUT2D eigenvalue weighted by molar-refractivity contribution is 5.92. The number of ether oxygens (including phenoxy) is 1. The van der Waals surface area contributed by atoms with Crippen LogP contribution >= 0.6 is 0 Å². The molecule has 1 atom stereocenters. The molecule has 4 rings (SSSR count). The molecule has 0 aromatic carbocycles. The van der Waals surface area contributed by atoms with Gasteiger partial charge in [-0.1, -0.05) is 0 Å². The highest BCUT2D eigenvalue weighted by atomic mass is 16.5. The molecular weight excluding hydrogens is 346 g/mol. The van der Waals surface area contributed by atoms with Gasteiger partial charge in [-0.15, -0.1) is 0 Å². The van der Waals surface area contributed by atoms with Gasteiger partial charge in [0.15, 0.2) is 5.82 Å². The zero-order valence-electron chi connectivity index (χ0n) is 15.4. The molecule has 1 aliphatic heterocycles. The summed E-state index contributed by atoms with van der Waals surface area (Å²) in [4.78, 5) is 25.8. The standard InChI is InChI=1S/C18H21N7O2/c1-11-7-19-18(22-14-5-4-6-24(14)2)23-15(11)13-9-25-8-12(10-27-3)20-17(26)16(25)21-13/h4-7,9,12H,8,10H2,1-3H3,(H,20,26)(H,19,22,23)/t12-/m1/s1. The molecule has 0 spiro atoms. The van der Waals surface area contributed by atoms with E-state index in [-0.39, 0.29) is 11.9 Å². The van der Waals surface area contributed by atoms with Crippen LogP contribution < -0.4 is 10.6 Å². The summed E-state index contributed by atoms with van der Waals surface area (Å²) in [6.07, 6.45) is 5.55. The Hall–Kier alpha value is -3.20. The molecule has 1 amide bonds. The largest absolute Gasteiger partial charge is 0.382 e. The van der Waals surface area contributed by atoms with E-state index in [4.69, 9.17) is 4.74 Å². The third-order valence-corrected chi connectivity index (χ3v) is 4.50. The molecule has 0 saturated heterocycles. The number of hydrogen-bond donors (Lipinski definition) is 2. The van der Waals surface area contributed by atoms with Crippen molar-refractivity contribution in [3.8, 4) is 11.4 Å². The lowest BCUT2D eigenvalue weighted by molar-refractivity contribution is 0.0833. The van der Waals surface area contributed by atoms with Crippen LogP contribution in [0.2, 0.25) is 0 Å². The van der Waals surface area contributed by atoms with E-state index in [9.17, 15) is 4.79 Å². The van der Waals surface area contributed by atoms with Gasteiger partial charge in [0, 0.05) is 39.3 Å². The highest BCUT2D eigenvalue weighted by Gasteiger charge is 2.27. The topological polar surface area (TPSA) is 98.9 Å². The second-order valence-electron chi connectivity index (χ2n) is 6.58. The van der Waals surface area contributed by atoms with Crippen molar-refractivity contribution in [1.82, 2.24) is 29.4 Å². The van der Waals surface area contributed by atoms with Gasteiger partial charge in [-0.3, -0.25) is 4.79 Å². The van der Waals surface area contributed by atoms with Gasteiger partial charge in [0.25, 0.3) is 5.91 Å². The van der Waals surface area contributed by atoms with Gasteiger partial charge in [0.05, 0.1) is 18.3 Å². The second-order valence-corrected chi connectivity index (χ2v) is 6.58. The van der Waals surface area contributed by atoms with Crippen LogP contribution in [-0.4, -0.2) is 49.8 Å². The molecule has 0 radical (unpaired) electrons. The van der Waals surface area contributed by atoms with Crippen molar-refractivity contribution in [3.05, 3.63) is 42.1 Å². The van der Waals surface area contributed by atoms with Crippen LogP contribution in [0.25, 0.3) is 11.4 Å². The summed E-state index contributed by atoms with van der Waals surface area (Å²) in [5.41, 5.74) is 2.23. The van der Waals surface area contributed by atoms with Gasteiger partial charge in [0.2, 0.25) is 5.95 Å². The van der Waals surface area contributed by atoms with Crippen LogP contribution in [0.3, 0.4) is 0 Å². The van der Waals surface area contributed by atoms with E-state index < -0.39 is 0 Å². The number of aryl methyl sites for hydroxylation is 2. The zero-order valence-corrected chi connectivity index (χ0v) is 15.4. The summed E-state index contributed by atoms with van der Waals surface area (Å²) in [6, 6.07) is 3.81. The molecule has 3 aromatic heterocycles. The van der Waals surface area contributed by atoms with Gasteiger partial charge >= 0.3 is 0 Å². The third kappa shape index (κ3) is 3.28. The Morgan fingerprint density at radius 3 is 3.00 bits per heavy atom. The monoisotopic (exact) mass is 367 g/mol. The first-order valence-electron chi connectivity index (χ1n) is 8.64. The summed E-state index contributed by atoms with van der Waals surface area (Å²) in [5, 5.41) is 6.10. The van der Waals surface area contributed by atoms with E-state index in [1.165, 1.54) is 0 Å². The predicted octanol–water partition coefficient (Wildman–Crippen LogP) is 1.49. The second kappa shape index (κ2) is 6.84. The van der Waals surface area contributed by atoms with Gasteiger partial charge < -0.3 is 24.5 Å². The minimum atomic E-state index is -0.205. The Morgan fingerprint density at radius 2 is 2.26 bits per heavy atom.